The quantitative estimate of drug-likeness (QED) is 0.472. The van der Waals surface area contributed by atoms with Gasteiger partial charge in [0.25, 0.3) is 0 Å². The maximum absolute atomic E-state index is 12.2. The van der Waals surface area contributed by atoms with Crippen LogP contribution in [0.4, 0.5) is 4.79 Å². The predicted octanol–water partition coefficient (Wildman–Crippen LogP) is 2.94. The van der Waals surface area contributed by atoms with E-state index in [9.17, 15) is 18.0 Å². The zero-order valence-electron chi connectivity index (χ0n) is 14.8. The average molecular weight is 426 g/mol. The molecule has 0 bridgehead atoms. The summed E-state index contributed by atoms with van der Waals surface area (Å²) in [4.78, 5) is 23.4. The topological polar surface area (TPSA) is 110 Å². The summed E-state index contributed by atoms with van der Waals surface area (Å²) < 4.78 is 29.3. The van der Waals surface area contributed by atoms with Gasteiger partial charge in [-0.05, 0) is 17.5 Å². The number of hydrogen-bond acceptors (Lipinski definition) is 5. The molecule has 9 heteroatoms. The van der Waals surface area contributed by atoms with Crippen LogP contribution in [-0.4, -0.2) is 36.9 Å². The van der Waals surface area contributed by atoms with Gasteiger partial charge in [-0.1, -0.05) is 60.7 Å². The van der Waals surface area contributed by atoms with Crippen molar-refractivity contribution in [1.82, 2.24) is 5.32 Å². The molecule has 0 aromatic heterocycles. The minimum absolute atomic E-state index is 0.0234. The molecular weight excluding hydrogens is 406 g/mol. The van der Waals surface area contributed by atoms with Gasteiger partial charge in [-0.2, -0.15) is 0 Å². The number of carboxylic acid groups (broad SMARTS) is 1. The second-order valence-corrected chi connectivity index (χ2v) is 8.96. The fourth-order valence-corrected chi connectivity index (χ4v) is 4.15. The molecule has 2 N–H and O–H groups in total. The van der Waals surface area contributed by atoms with Gasteiger partial charge >= 0.3 is 12.1 Å². The molecule has 150 valence electrons. The fraction of sp³-hybridized carbons (Fsp3) is 0.263. The monoisotopic (exact) mass is 425 g/mol. The first-order valence-corrected chi connectivity index (χ1v) is 10.8. The van der Waals surface area contributed by atoms with Crippen molar-refractivity contribution in [2.45, 2.75) is 30.7 Å². The molecule has 0 aliphatic rings. The molecule has 2 unspecified atom stereocenters. The lowest BCUT2D eigenvalue weighted by Crippen LogP contribution is -2.47. The third-order valence-corrected chi connectivity index (χ3v) is 5.93. The zero-order valence-corrected chi connectivity index (χ0v) is 16.4. The molecule has 2 rings (SSSR count). The van der Waals surface area contributed by atoms with Crippen molar-refractivity contribution in [3.63, 3.8) is 0 Å². The lowest BCUT2D eigenvalue weighted by atomic mass is 10.0. The van der Waals surface area contributed by atoms with Crippen LogP contribution in [0, 0.1) is 0 Å². The predicted molar refractivity (Wildman–Crippen MR) is 105 cm³/mol. The van der Waals surface area contributed by atoms with Crippen molar-refractivity contribution in [1.29, 1.82) is 0 Å². The molecule has 1 amide bonds. The average Bonchev–Trinajstić information content (AvgIpc) is 2.64. The number of benzene rings is 2. The van der Waals surface area contributed by atoms with Crippen molar-refractivity contribution < 1.29 is 27.9 Å². The van der Waals surface area contributed by atoms with Gasteiger partial charge < -0.3 is 15.2 Å². The lowest BCUT2D eigenvalue weighted by Gasteiger charge is -2.24. The van der Waals surface area contributed by atoms with E-state index in [1.54, 1.807) is 54.6 Å². The van der Waals surface area contributed by atoms with Gasteiger partial charge in [0.05, 0.1) is 12.5 Å². The Hall–Kier alpha value is -2.58. The Morgan fingerprint density at radius 3 is 2.04 bits per heavy atom. The second kappa shape index (κ2) is 10.1. The van der Waals surface area contributed by atoms with E-state index in [0.29, 0.717) is 5.56 Å². The number of amides is 1. The van der Waals surface area contributed by atoms with E-state index < -0.39 is 38.8 Å². The Morgan fingerprint density at radius 2 is 1.54 bits per heavy atom. The van der Waals surface area contributed by atoms with E-state index in [1.165, 1.54) is 0 Å². The van der Waals surface area contributed by atoms with Crippen LogP contribution in [0.2, 0.25) is 0 Å². The minimum Gasteiger partial charge on any atom is -0.465 e. The summed E-state index contributed by atoms with van der Waals surface area (Å²) in [5.74, 6) is -0.789. The van der Waals surface area contributed by atoms with Crippen molar-refractivity contribution in [3.05, 3.63) is 71.8 Å². The van der Waals surface area contributed by atoms with Crippen molar-refractivity contribution in [2.75, 3.05) is 0 Å². The van der Waals surface area contributed by atoms with Gasteiger partial charge in [0.2, 0.25) is 9.05 Å². The number of ether oxygens (including phenoxy) is 1. The molecule has 0 aliphatic carbocycles. The van der Waals surface area contributed by atoms with E-state index in [4.69, 9.17) is 20.5 Å². The van der Waals surface area contributed by atoms with Crippen molar-refractivity contribution in [2.24, 2.45) is 0 Å². The SMILES string of the molecule is O=C(O)NC(Cc1ccccc1)C(CC(=O)OCc1ccccc1)S(=O)(=O)Cl. The number of carbonyl (C=O) groups is 2. The summed E-state index contributed by atoms with van der Waals surface area (Å²) >= 11 is 0. The first-order valence-electron chi connectivity index (χ1n) is 8.42. The van der Waals surface area contributed by atoms with Crippen LogP contribution in [-0.2, 0) is 31.6 Å². The van der Waals surface area contributed by atoms with E-state index in [2.05, 4.69) is 5.32 Å². The lowest BCUT2D eigenvalue weighted by molar-refractivity contribution is -0.145. The van der Waals surface area contributed by atoms with E-state index in [-0.39, 0.29) is 13.0 Å². The summed E-state index contributed by atoms with van der Waals surface area (Å²) in [6, 6.07) is 16.5. The maximum atomic E-state index is 12.2. The third kappa shape index (κ3) is 7.21. The molecule has 2 atom stereocenters. The molecule has 7 nitrogen and oxygen atoms in total. The van der Waals surface area contributed by atoms with Crippen LogP contribution in [0.3, 0.4) is 0 Å². The summed E-state index contributed by atoms with van der Waals surface area (Å²) in [5, 5.41) is 9.78. The molecule has 28 heavy (non-hydrogen) atoms. The Bertz CT molecular complexity index is 889. The van der Waals surface area contributed by atoms with Gasteiger partial charge in [0.1, 0.15) is 11.9 Å². The van der Waals surface area contributed by atoms with Crippen LogP contribution in [0.15, 0.2) is 60.7 Å². The Balaban J connectivity index is 2.13. The summed E-state index contributed by atoms with van der Waals surface area (Å²) in [6.45, 7) is -0.0234. The van der Waals surface area contributed by atoms with Gasteiger partial charge in [-0.25, -0.2) is 13.2 Å². The number of esters is 1. The van der Waals surface area contributed by atoms with E-state index in [1.807, 2.05) is 6.07 Å². The number of carbonyl (C=O) groups excluding carboxylic acids is 1. The van der Waals surface area contributed by atoms with Gasteiger partial charge in [0, 0.05) is 10.7 Å². The Kier molecular flexibility index (Phi) is 7.83. The highest BCUT2D eigenvalue weighted by molar-refractivity contribution is 8.14. The van der Waals surface area contributed by atoms with E-state index >= 15 is 0 Å². The highest BCUT2D eigenvalue weighted by atomic mass is 35.7. The molecule has 2 aromatic rings. The van der Waals surface area contributed by atoms with Crippen LogP contribution in [0.1, 0.15) is 17.5 Å². The van der Waals surface area contributed by atoms with Crippen LogP contribution < -0.4 is 5.32 Å². The first-order chi connectivity index (χ1) is 13.3. The smallest absolute Gasteiger partial charge is 0.404 e. The molecule has 0 saturated carbocycles. The van der Waals surface area contributed by atoms with Crippen LogP contribution in [0.25, 0.3) is 0 Å². The van der Waals surface area contributed by atoms with Crippen LogP contribution >= 0.6 is 10.7 Å². The third-order valence-electron chi connectivity index (χ3n) is 4.03. The largest absolute Gasteiger partial charge is 0.465 e. The Morgan fingerprint density at radius 1 is 1.00 bits per heavy atom. The summed E-state index contributed by atoms with van der Waals surface area (Å²) in [6.07, 6.45) is -1.93. The summed E-state index contributed by atoms with van der Waals surface area (Å²) in [5.41, 5.74) is 1.44. The highest BCUT2D eigenvalue weighted by Gasteiger charge is 2.36. The van der Waals surface area contributed by atoms with Crippen molar-refractivity contribution >= 4 is 31.8 Å². The highest BCUT2D eigenvalue weighted by Crippen LogP contribution is 2.20. The normalized spacial score (nSPS) is 13.3. The van der Waals surface area contributed by atoms with E-state index in [0.717, 1.165) is 5.56 Å². The van der Waals surface area contributed by atoms with Gasteiger partial charge in [-0.3, -0.25) is 4.79 Å². The number of halogens is 1. The number of hydrogen-bond donors (Lipinski definition) is 2. The second-order valence-electron chi connectivity index (χ2n) is 6.11. The number of nitrogens with one attached hydrogen (secondary N) is 1. The molecular formula is C19H20ClNO6S. The Labute approximate surface area is 167 Å². The van der Waals surface area contributed by atoms with Gasteiger partial charge in [-0.15, -0.1) is 0 Å². The fourth-order valence-electron chi connectivity index (χ4n) is 2.70. The van der Waals surface area contributed by atoms with Gasteiger partial charge in [0.15, 0.2) is 0 Å². The minimum atomic E-state index is -4.26. The van der Waals surface area contributed by atoms with Crippen molar-refractivity contribution in [3.8, 4) is 0 Å². The first kappa shape index (κ1) is 21.7. The number of rotatable bonds is 9. The molecule has 0 fully saturated rings. The van der Waals surface area contributed by atoms with Crippen LogP contribution in [0.5, 0.6) is 0 Å². The summed E-state index contributed by atoms with van der Waals surface area (Å²) in [7, 11) is 1.27. The standard InChI is InChI=1S/C19H20ClNO6S/c20-28(25,26)17(12-18(22)27-13-15-9-5-2-6-10-15)16(21-19(23)24)11-14-7-3-1-4-8-14/h1-10,16-17,21H,11-13H2,(H,23,24). The maximum Gasteiger partial charge on any atom is 0.404 e. The molecule has 0 radical (unpaired) electrons. The molecule has 0 aliphatic heterocycles. The zero-order chi connectivity index (χ0) is 20.6. The molecule has 0 saturated heterocycles. The molecule has 2 aromatic carbocycles. The molecule has 0 heterocycles. The molecule has 0 spiro atoms.